The van der Waals surface area contributed by atoms with Gasteiger partial charge in [0.1, 0.15) is 0 Å². The van der Waals surface area contributed by atoms with E-state index in [1.807, 2.05) is 27.7 Å². The molecule has 26 heavy (non-hydrogen) atoms. The number of carbonyl (C=O) groups is 4. The average Bonchev–Trinajstić information content (AvgIpc) is 2.80. The number of hydrogen-bond acceptors (Lipinski definition) is 5. The minimum Gasteiger partial charge on any atom is -0.452 e. The van der Waals surface area contributed by atoms with E-state index in [1.165, 1.54) is 23.1 Å². The molecule has 1 aromatic carbocycles. The Morgan fingerprint density at radius 2 is 1.77 bits per heavy atom. The number of amides is 3. The van der Waals surface area contributed by atoms with Gasteiger partial charge in [0.2, 0.25) is 0 Å². The molecule has 1 heterocycles. The lowest BCUT2D eigenvalue weighted by atomic mass is 10.1. The largest absolute Gasteiger partial charge is 0.452 e. The van der Waals surface area contributed by atoms with Crippen LogP contribution in [0.2, 0.25) is 0 Å². The molecule has 0 saturated carbocycles. The van der Waals surface area contributed by atoms with Crippen molar-refractivity contribution in [3.8, 4) is 0 Å². The lowest BCUT2D eigenvalue weighted by molar-refractivity contribution is -0.125. The molecule has 1 N–H and O–H groups in total. The van der Waals surface area contributed by atoms with Crippen molar-refractivity contribution in [1.29, 1.82) is 0 Å². The van der Waals surface area contributed by atoms with Crippen molar-refractivity contribution in [2.75, 3.05) is 13.2 Å². The normalized spacial score (nSPS) is 13.6. The van der Waals surface area contributed by atoms with Gasteiger partial charge < -0.3 is 10.1 Å². The van der Waals surface area contributed by atoms with Crippen LogP contribution in [0.25, 0.3) is 0 Å². The summed E-state index contributed by atoms with van der Waals surface area (Å²) in [7, 11) is 0. The second-order valence-electron chi connectivity index (χ2n) is 7.25. The van der Waals surface area contributed by atoms with Crippen LogP contribution in [0.1, 0.15) is 71.6 Å². The van der Waals surface area contributed by atoms with Gasteiger partial charge in [-0.05, 0) is 45.4 Å². The lowest BCUT2D eigenvalue weighted by Gasteiger charge is -2.20. The topological polar surface area (TPSA) is 92.8 Å². The molecule has 0 aliphatic carbocycles. The molecule has 1 aromatic rings. The van der Waals surface area contributed by atoms with E-state index in [-0.39, 0.29) is 22.6 Å². The highest BCUT2D eigenvalue weighted by molar-refractivity contribution is 6.21. The molecule has 0 bridgehead atoms. The molecule has 1 aliphatic heterocycles. The number of nitrogens with one attached hydrogen (secondary N) is 1. The van der Waals surface area contributed by atoms with Crippen LogP contribution in [0.15, 0.2) is 18.2 Å². The molecule has 0 saturated heterocycles. The molecule has 140 valence electrons. The third-order valence-electron chi connectivity index (χ3n) is 3.79. The molecule has 7 heteroatoms. The zero-order valence-electron chi connectivity index (χ0n) is 15.5. The smallest absolute Gasteiger partial charge is 0.338 e. The van der Waals surface area contributed by atoms with Crippen LogP contribution in [-0.2, 0) is 9.53 Å². The van der Waals surface area contributed by atoms with E-state index in [0.717, 1.165) is 12.8 Å². The lowest BCUT2D eigenvalue weighted by Crippen LogP contribution is -2.42. The summed E-state index contributed by atoms with van der Waals surface area (Å²) in [5.41, 5.74) is 0.185. The Morgan fingerprint density at radius 1 is 1.12 bits per heavy atom. The van der Waals surface area contributed by atoms with Gasteiger partial charge in [0.15, 0.2) is 6.61 Å². The Hall–Kier alpha value is -2.70. The van der Waals surface area contributed by atoms with E-state index in [2.05, 4.69) is 5.32 Å². The quantitative estimate of drug-likeness (QED) is 0.620. The summed E-state index contributed by atoms with van der Waals surface area (Å²) in [6, 6.07) is 4.23. The number of hydrogen-bond donors (Lipinski definition) is 1. The highest BCUT2D eigenvalue weighted by Crippen LogP contribution is 2.24. The first-order valence-corrected chi connectivity index (χ1v) is 8.62. The number of carbonyl (C=O) groups excluding carboxylic acids is 4. The number of nitrogens with zero attached hydrogens (tertiary/aromatic N) is 1. The van der Waals surface area contributed by atoms with Crippen molar-refractivity contribution in [3.63, 3.8) is 0 Å². The SMILES string of the molecule is CCCCN1C(=O)c2ccc(C(=O)OCC(=O)NC(C)(C)C)cc2C1=O. The predicted octanol–water partition coefficient (Wildman–Crippen LogP) is 2.15. The fourth-order valence-corrected chi connectivity index (χ4v) is 2.61. The Labute approximate surface area is 152 Å². The summed E-state index contributed by atoms with van der Waals surface area (Å²) in [4.78, 5) is 49.7. The molecule has 0 unspecified atom stereocenters. The molecule has 0 spiro atoms. The molecular formula is C19H24N2O5. The zero-order valence-corrected chi connectivity index (χ0v) is 15.5. The Bertz CT molecular complexity index is 749. The van der Waals surface area contributed by atoms with Crippen molar-refractivity contribution in [1.82, 2.24) is 10.2 Å². The van der Waals surface area contributed by atoms with E-state index in [9.17, 15) is 19.2 Å². The fraction of sp³-hybridized carbons (Fsp3) is 0.474. The summed E-state index contributed by atoms with van der Waals surface area (Å²) in [6.07, 6.45) is 1.59. The predicted molar refractivity (Wildman–Crippen MR) is 94.9 cm³/mol. The maximum Gasteiger partial charge on any atom is 0.338 e. The zero-order chi connectivity index (χ0) is 19.5. The first-order chi connectivity index (χ1) is 12.1. The van der Waals surface area contributed by atoms with Gasteiger partial charge in [-0.15, -0.1) is 0 Å². The molecule has 7 nitrogen and oxygen atoms in total. The fourth-order valence-electron chi connectivity index (χ4n) is 2.61. The summed E-state index contributed by atoms with van der Waals surface area (Å²) in [6.45, 7) is 7.38. The Morgan fingerprint density at radius 3 is 2.38 bits per heavy atom. The number of unbranched alkanes of at least 4 members (excludes halogenated alkanes) is 1. The summed E-state index contributed by atoms with van der Waals surface area (Å²) >= 11 is 0. The van der Waals surface area contributed by atoms with Gasteiger partial charge in [-0.2, -0.15) is 0 Å². The van der Waals surface area contributed by atoms with Crippen LogP contribution in [-0.4, -0.2) is 47.3 Å². The summed E-state index contributed by atoms with van der Waals surface area (Å²) in [5, 5.41) is 2.68. The van der Waals surface area contributed by atoms with E-state index in [0.29, 0.717) is 6.54 Å². The highest BCUT2D eigenvalue weighted by Gasteiger charge is 2.35. The van der Waals surface area contributed by atoms with Crippen LogP contribution < -0.4 is 5.32 Å². The third-order valence-corrected chi connectivity index (χ3v) is 3.79. The minimum atomic E-state index is -0.718. The molecular weight excluding hydrogens is 336 g/mol. The molecule has 1 aliphatic rings. The second kappa shape index (κ2) is 7.68. The van der Waals surface area contributed by atoms with Crippen molar-refractivity contribution in [2.45, 2.75) is 46.1 Å². The first kappa shape index (κ1) is 19.6. The van der Waals surface area contributed by atoms with E-state index >= 15 is 0 Å². The number of imide groups is 1. The van der Waals surface area contributed by atoms with Crippen LogP contribution in [0, 0.1) is 0 Å². The number of ether oxygens (including phenoxy) is 1. The number of esters is 1. The number of benzene rings is 1. The van der Waals surface area contributed by atoms with Crippen molar-refractivity contribution >= 4 is 23.7 Å². The van der Waals surface area contributed by atoms with Gasteiger partial charge in [-0.1, -0.05) is 13.3 Å². The van der Waals surface area contributed by atoms with Gasteiger partial charge in [0, 0.05) is 12.1 Å². The van der Waals surface area contributed by atoms with Crippen LogP contribution in [0.4, 0.5) is 0 Å². The summed E-state index contributed by atoms with van der Waals surface area (Å²) < 4.78 is 4.99. The van der Waals surface area contributed by atoms with Crippen LogP contribution >= 0.6 is 0 Å². The molecule has 0 atom stereocenters. The first-order valence-electron chi connectivity index (χ1n) is 8.62. The summed E-state index contributed by atoms with van der Waals surface area (Å²) in [5.74, 6) is -1.88. The van der Waals surface area contributed by atoms with E-state index < -0.39 is 29.9 Å². The molecule has 0 aromatic heterocycles. The molecule has 2 rings (SSSR count). The Balaban J connectivity index is 2.07. The molecule has 0 fully saturated rings. The van der Waals surface area contributed by atoms with E-state index in [1.54, 1.807) is 0 Å². The van der Waals surface area contributed by atoms with Gasteiger partial charge in [0.05, 0.1) is 16.7 Å². The third kappa shape index (κ3) is 4.47. The average molecular weight is 360 g/mol. The minimum absolute atomic E-state index is 0.130. The van der Waals surface area contributed by atoms with Gasteiger partial charge in [0.25, 0.3) is 17.7 Å². The van der Waals surface area contributed by atoms with Crippen molar-refractivity contribution < 1.29 is 23.9 Å². The second-order valence-corrected chi connectivity index (χ2v) is 7.25. The maximum atomic E-state index is 12.4. The highest BCUT2D eigenvalue weighted by atomic mass is 16.5. The van der Waals surface area contributed by atoms with Crippen LogP contribution in [0.5, 0.6) is 0 Å². The Kier molecular flexibility index (Phi) is 5.79. The molecule has 0 radical (unpaired) electrons. The van der Waals surface area contributed by atoms with Gasteiger partial charge >= 0.3 is 5.97 Å². The van der Waals surface area contributed by atoms with Gasteiger partial charge in [-0.25, -0.2) is 4.79 Å². The van der Waals surface area contributed by atoms with Crippen molar-refractivity contribution in [2.24, 2.45) is 0 Å². The maximum absolute atomic E-state index is 12.4. The monoisotopic (exact) mass is 360 g/mol. The number of fused-ring (bicyclic) bond motifs is 1. The van der Waals surface area contributed by atoms with E-state index in [4.69, 9.17) is 4.74 Å². The number of rotatable bonds is 6. The molecule has 3 amide bonds. The van der Waals surface area contributed by atoms with Crippen molar-refractivity contribution in [3.05, 3.63) is 34.9 Å². The standard InChI is InChI=1S/C19H24N2O5/c1-5-6-9-21-16(23)13-8-7-12(10-14(13)17(21)24)18(25)26-11-15(22)20-19(2,3)4/h7-8,10H,5-6,9,11H2,1-4H3,(H,20,22). The van der Waals surface area contributed by atoms with Gasteiger partial charge in [-0.3, -0.25) is 19.3 Å². The van der Waals surface area contributed by atoms with Crippen LogP contribution in [0.3, 0.4) is 0 Å².